The standard InChI is InChI=1S/C14H21NO2S/c1-11(2)12-5-7-13(8-6-12)18-10-9-14(16)15(3)17-4/h5-8,11H,9-10H2,1-4H3. The van der Waals surface area contributed by atoms with E-state index in [0.717, 1.165) is 5.75 Å². The van der Waals surface area contributed by atoms with Crippen molar-refractivity contribution in [2.75, 3.05) is 19.9 Å². The van der Waals surface area contributed by atoms with Crippen molar-refractivity contribution in [3.63, 3.8) is 0 Å². The van der Waals surface area contributed by atoms with Crippen molar-refractivity contribution in [3.05, 3.63) is 29.8 Å². The molecule has 0 saturated heterocycles. The molecule has 1 aromatic carbocycles. The average molecular weight is 267 g/mol. The third-order valence-electron chi connectivity index (χ3n) is 2.76. The summed E-state index contributed by atoms with van der Waals surface area (Å²) in [4.78, 5) is 17.5. The molecule has 0 aliphatic heterocycles. The zero-order chi connectivity index (χ0) is 13.5. The van der Waals surface area contributed by atoms with Crippen LogP contribution in [0.4, 0.5) is 0 Å². The van der Waals surface area contributed by atoms with Gasteiger partial charge in [0, 0.05) is 24.1 Å². The Labute approximate surface area is 113 Å². The highest BCUT2D eigenvalue weighted by atomic mass is 32.2. The van der Waals surface area contributed by atoms with Gasteiger partial charge in [-0.25, -0.2) is 5.06 Å². The van der Waals surface area contributed by atoms with E-state index < -0.39 is 0 Å². The molecule has 18 heavy (non-hydrogen) atoms. The van der Waals surface area contributed by atoms with E-state index in [-0.39, 0.29) is 5.91 Å². The normalized spacial score (nSPS) is 10.7. The fourth-order valence-electron chi connectivity index (χ4n) is 1.46. The van der Waals surface area contributed by atoms with Crippen LogP contribution in [0.3, 0.4) is 0 Å². The molecule has 4 heteroatoms. The SMILES string of the molecule is CON(C)C(=O)CCSc1ccc(C(C)C)cc1. The Kier molecular flexibility index (Phi) is 6.22. The van der Waals surface area contributed by atoms with Gasteiger partial charge in [-0.2, -0.15) is 0 Å². The van der Waals surface area contributed by atoms with Crippen molar-refractivity contribution in [3.8, 4) is 0 Å². The van der Waals surface area contributed by atoms with Crippen LogP contribution in [-0.2, 0) is 9.63 Å². The topological polar surface area (TPSA) is 29.5 Å². The Bertz CT molecular complexity index is 376. The van der Waals surface area contributed by atoms with Gasteiger partial charge in [-0.15, -0.1) is 11.8 Å². The Balaban J connectivity index is 2.38. The van der Waals surface area contributed by atoms with Gasteiger partial charge < -0.3 is 0 Å². The fourth-order valence-corrected chi connectivity index (χ4v) is 2.31. The lowest BCUT2D eigenvalue weighted by atomic mass is 10.0. The Morgan fingerprint density at radius 1 is 1.33 bits per heavy atom. The third kappa shape index (κ3) is 4.70. The highest BCUT2D eigenvalue weighted by Gasteiger charge is 2.07. The van der Waals surface area contributed by atoms with Crippen LogP contribution in [0.25, 0.3) is 0 Å². The predicted octanol–water partition coefficient (Wildman–Crippen LogP) is 3.31. The van der Waals surface area contributed by atoms with Crippen LogP contribution in [-0.4, -0.2) is 30.9 Å². The molecule has 0 unspecified atom stereocenters. The van der Waals surface area contributed by atoms with Gasteiger partial charge in [0.1, 0.15) is 0 Å². The molecule has 1 aromatic rings. The minimum absolute atomic E-state index is 0.00352. The summed E-state index contributed by atoms with van der Waals surface area (Å²) >= 11 is 1.69. The van der Waals surface area contributed by atoms with Gasteiger partial charge in [-0.3, -0.25) is 9.63 Å². The summed E-state index contributed by atoms with van der Waals surface area (Å²) in [6, 6.07) is 8.53. The van der Waals surface area contributed by atoms with Gasteiger partial charge in [0.05, 0.1) is 7.11 Å². The van der Waals surface area contributed by atoms with Crippen LogP contribution < -0.4 is 0 Å². The van der Waals surface area contributed by atoms with Gasteiger partial charge in [0.25, 0.3) is 0 Å². The first kappa shape index (κ1) is 15.1. The maximum atomic E-state index is 11.5. The summed E-state index contributed by atoms with van der Waals surface area (Å²) in [5.41, 5.74) is 1.34. The van der Waals surface area contributed by atoms with Crippen LogP contribution in [0.2, 0.25) is 0 Å². The van der Waals surface area contributed by atoms with E-state index in [1.54, 1.807) is 18.8 Å². The largest absolute Gasteiger partial charge is 0.275 e. The first-order valence-electron chi connectivity index (χ1n) is 6.08. The molecule has 0 heterocycles. The lowest BCUT2D eigenvalue weighted by Gasteiger charge is -2.13. The van der Waals surface area contributed by atoms with E-state index in [0.29, 0.717) is 12.3 Å². The molecule has 0 bridgehead atoms. The Morgan fingerprint density at radius 2 is 1.94 bits per heavy atom. The number of thioether (sulfide) groups is 1. The summed E-state index contributed by atoms with van der Waals surface area (Å²) in [6.07, 6.45) is 0.487. The summed E-state index contributed by atoms with van der Waals surface area (Å²) in [6.45, 7) is 4.36. The highest BCUT2D eigenvalue weighted by Crippen LogP contribution is 2.22. The van der Waals surface area contributed by atoms with Gasteiger partial charge in [-0.1, -0.05) is 26.0 Å². The number of hydroxylamine groups is 2. The average Bonchev–Trinajstić information content (AvgIpc) is 2.38. The molecule has 0 saturated carbocycles. The molecule has 0 aliphatic rings. The van der Waals surface area contributed by atoms with E-state index in [2.05, 4.69) is 38.1 Å². The molecule has 1 amide bonds. The van der Waals surface area contributed by atoms with Gasteiger partial charge in [0.15, 0.2) is 0 Å². The van der Waals surface area contributed by atoms with Crippen LogP contribution in [0.15, 0.2) is 29.2 Å². The third-order valence-corrected chi connectivity index (χ3v) is 3.77. The molecular formula is C14H21NO2S. The number of benzene rings is 1. The molecule has 1 rings (SSSR count). The maximum absolute atomic E-state index is 11.5. The van der Waals surface area contributed by atoms with Crippen molar-refractivity contribution >= 4 is 17.7 Å². The summed E-state index contributed by atoms with van der Waals surface area (Å²) in [5, 5.41) is 1.27. The molecule has 0 N–H and O–H groups in total. The lowest BCUT2D eigenvalue weighted by molar-refractivity contribution is -0.168. The highest BCUT2D eigenvalue weighted by molar-refractivity contribution is 7.99. The minimum Gasteiger partial charge on any atom is -0.275 e. The van der Waals surface area contributed by atoms with Crippen molar-refractivity contribution in [1.29, 1.82) is 0 Å². The number of hydrogen-bond acceptors (Lipinski definition) is 3. The summed E-state index contributed by atoms with van der Waals surface area (Å²) < 4.78 is 0. The number of hydrogen-bond donors (Lipinski definition) is 0. The monoisotopic (exact) mass is 267 g/mol. The second kappa shape index (κ2) is 7.44. The van der Waals surface area contributed by atoms with Gasteiger partial charge in [0.2, 0.25) is 5.91 Å². The lowest BCUT2D eigenvalue weighted by Crippen LogP contribution is -2.25. The molecule has 0 aromatic heterocycles. The van der Waals surface area contributed by atoms with Gasteiger partial charge in [-0.05, 0) is 23.6 Å². The second-order valence-electron chi connectivity index (χ2n) is 4.40. The maximum Gasteiger partial charge on any atom is 0.246 e. The number of carbonyl (C=O) groups is 1. The first-order valence-corrected chi connectivity index (χ1v) is 7.06. The minimum atomic E-state index is 0.00352. The smallest absolute Gasteiger partial charge is 0.246 e. The predicted molar refractivity (Wildman–Crippen MR) is 75.7 cm³/mol. The zero-order valence-electron chi connectivity index (χ0n) is 11.5. The van der Waals surface area contributed by atoms with Crippen LogP contribution >= 0.6 is 11.8 Å². The van der Waals surface area contributed by atoms with E-state index >= 15 is 0 Å². The fraction of sp³-hybridized carbons (Fsp3) is 0.500. The number of amides is 1. The second-order valence-corrected chi connectivity index (χ2v) is 5.56. The number of nitrogens with zero attached hydrogens (tertiary/aromatic N) is 1. The van der Waals surface area contributed by atoms with E-state index in [4.69, 9.17) is 4.84 Å². The summed E-state index contributed by atoms with van der Waals surface area (Å²) in [7, 11) is 3.13. The molecule has 0 radical (unpaired) electrons. The molecule has 0 fully saturated rings. The van der Waals surface area contributed by atoms with E-state index in [1.807, 2.05) is 0 Å². The molecule has 0 aliphatic carbocycles. The van der Waals surface area contributed by atoms with Crippen molar-refractivity contribution < 1.29 is 9.63 Å². The molecule has 0 spiro atoms. The van der Waals surface area contributed by atoms with Crippen molar-refractivity contribution in [2.45, 2.75) is 31.1 Å². The first-order chi connectivity index (χ1) is 8.54. The quantitative estimate of drug-likeness (QED) is 0.585. The Morgan fingerprint density at radius 3 is 2.44 bits per heavy atom. The molecule has 100 valence electrons. The van der Waals surface area contributed by atoms with Crippen molar-refractivity contribution in [1.82, 2.24) is 5.06 Å². The molecular weight excluding hydrogens is 246 g/mol. The van der Waals surface area contributed by atoms with Crippen LogP contribution in [0, 0.1) is 0 Å². The van der Waals surface area contributed by atoms with Crippen LogP contribution in [0.1, 0.15) is 31.7 Å². The van der Waals surface area contributed by atoms with E-state index in [9.17, 15) is 4.79 Å². The van der Waals surface area contributed by atoms with Gasteiger partial charge >= 0.3 is 0 Å². The molecule has 3 nitrogen and oxygen atoms in total. The summed E-state index contributed by atoms with van der Waals surface area (Å²) in [5.74, 6) is 1.33. The Hall–Kier alpha value is -1.00. The zero-order valence-corrected chi connectivity index (χ0v) is 12.3. The van der Waals surface area contributed by atoms with Crippen LogP contribution in [0.5, 0.6) is 0 Å². The number of rotatable bonds is 6. The molecule has 0 atom stereocenters. The number of carbonyl (C=O) groups excluding carboxylic acids is 1. The van der Waals surface area contributed by atoms with Crippen molar-refractivity contribution in [2.24, 2.45) is 0 Å². The van der Waals surface area contributed by atoms with E-state index in [1.165, 1.54) is 22.6 Å².